The summed E-state index contributed by atoms with van der Waals surface area (Å²) in [4.78, 5) is 0. The second-order valence-electron chi connectivity index (χ2n) is 4.39. The Morgan fingerprint density at radius 1 is 1.26 bits per heavy atom. The lowest BCUT2D eigenvalue weighted by atomic mass is 10.2. The van der Waals surface area contributed by atoms with Crippen LogP contribution in [-0.4, -0.2) is 19.7 Å². The maximum absolute atomic E-state index is 5.90. The Morgan fingerprint density at radius 2 is 2.16 bits per heavy atom. The molecule has 0 saturated heterocycles. The number of ether oxygens (including phenoxy) is 1. The van der Waals surface area contributed by atoms with E-state index < -0.39 is 0 Å². The summed E-state index contributed by atoms with van der Waals surface area (Å²) in [7, 11) is 0. The van der Waals surface area contributed by atoms with Crippen molar-refractivity contribution in [3.8, 4) is 5.75 Å². The zero-order chi connectivity index (χ0) is 13.5. The molecule has 19 heavy (non-hydrogen) atoms. The zero-order valence-electron chi connectivity index (χ0n) is 11.0. The molecular weight excluding hydrogens is 278 g/mol. The van der Waals surface area contributed by atoms with E-state index in [2.05, 4.69) is 22.1 Å². The predicted octanol–water partition coefficient (Wildman–Crippen LogP) is 3.92. The number of hydrogen-bond donors (Lipinski definition) is 1. The van der Waals surface area contributed by atoms with E-state index in [9.17, 15) is 0 Å². The molecule has 0 unspecified atom stereocenters. The molecule has 0 amide bonds. The fourth-order valence-corrected chi connectivity index (χ4v) is 2.73. The Morgan fingerprint density at radius 3 is 2.89 bits per heavy atom. The SMILES string of the molecule is Cc1cc(Cl)ccc1OCCNCCc1ccsc1. The van der Waals surface area contributed by atoms with Gasteiger partial charge in [0.25, 0.3) is 0 Å². The van der Waals surface area contributed by atoms with Crippen LogP contribution >= 0.6 is 22.9 Å². The van der Waals surface area contributed by atoms with E-state index in [0.29, 0.717) is 6.61 Å². The lowest BCUT2D eigenvalue weighted by Gasteiger charge is -2.10. The van der Waals surface area contributed by atoms with Crippen LogP contribution in [0.5, 0.6) is 5.75 Å². The highest BCUT2D eigenvalue weighted by molar-refractivity contribution is 7.07. The highest BCUT2D eigenvalue weighted by Crippen LogP contribution is 2.21. The molecule has 1 aromatic heterocycles. The maximum Gasteiger partial charge on any atom is 0.122 e. The van der Waals surface area contributed by atoms with Crippen molar-refractivity contribution >= 4 is 22.9 Å². The van der Waals surface area contributed by atoms with Crippen molar-refractivity contribution in [1.29, 1.82) is 0 Å². The topological polar surface area (TPSA) is 21.3 Å². The average molecular weight is 296 g/mol. The molecule has 1 heterocycles. The lowest BCUT2D eigenvalue weighted by molar-refractivity contribution is 0.312. The van der Waals surface area contributed by atoms with Gasteiger partial charge < -0.3 is 10.1 Å². The van der Waals surface area contributed by atoms with Gasteiger partial charge in [0, 0.05) is 11.6 Å². The van der Waals surface area contributed by atoms with Gasteiger partial charge in [0.1, 0.15) is 12.4 Å². The Labute approximate surface area is 123 Å². The van der Waals surface area contributed by atoms with Crippen LogP contribution in [-0.2, 0) is 6.42 Å². The number of halogens is 1. The molecule has 0 bridgehead atoms. The Hall–Kier alpha value is -1.03. The molecular formula is C15H18ClNOS. The predicted molar refractivity (Wildman–Crippen MR) is 82.6 cm³/mol. The Balaban J connectivity index is 1.61. The van der Waals surface area contributed by atoms with Gasteiger partial charge >= 0.3 is 0 Å². The zero-order valence-corrected chi connectivity index (χ0v) is 12.6. The van der Waals surface area contributed by atoms with Crippen LogP contribution in [0.1, 0.15) is 11.1 Å². The molecule has 1 aromatic carbocycles. The maximum atomic E-state index is 5.90. The summed E-state index contributed by atoms with van der Waals surface area (Å²) in [6, 6.07) is 7.86. The van der Waals surface area contributed by atoms with Gasteiger partial charge in [-0.1, -0.05) is 11.6 Å². The van der Waals surface area contributed by atoms with E-state index in [0.717, 1.165) is 35.8 Å². The molecule has 0 radical (unpaired) electrons. The molecule has 0 aliphatic rings. The van der Waals surface area contributed by atoms with Gasteiger partial charge in [0.05, 0.1) is 0 Å². The number of nitrogens with one attached hydrogen (secondary N) is 1. The van der Waals surface area contributed by atoms with Crippen LogP contribution in [0.15, 0.2) is 35.0 Å². The van der Waals surface area contributed by atoms with Crippen molar-refractivity contribution in [2.24, 2.45) is 0 Å². The first-order chi connectivity index (χ1) is 9.25. The number of aryl methyl sites for hydroxylation is 1. The van der Waals surface area contributed by atoms with E-state index in [-0.39, 0.29) is 0 Å². The number of benzene rings is 1. The standard InChI is InChI=1S/C15H18ClNOS/c1-12-10-14(16)2-3-15(12)18-8-7-17-6-4-13-5-9-19-11-13/h2-3,5,9-11,17H,4,6-8H2,1H3. The molecule has 0 aliphatic carbocycles. The first-order valence-electron chi connectivity index (χ1n) is 6.36. The minimum absolute atomic E-state index is 0.673. The third-order valence-corrected chi connectivity index (χ3v) is 3.81. The van der Waals surface area contributed by atoms with Gasteiger partial charge in [-0.2, -0.15) is 11.3 Å². The van der Waals surface area contributed by atoms with Gasteiger partial charge in [-0.15, -0.1) is 0 Å². The fourth-order valence-electron chi connectivity index (χ4n) is 1.80. The number of hydrogen-bond acceptors (Lipinski definition) is 3. The van der Waals surface area contributed by atoms with Gasteiger partial charge in [-0.25, -0.2) is 0 Å². The Kier molecular flexibility index (Phi) is 5.70. The van der Waals surface area contributed by atoms with Crippen LogP contribution in [0.25, 0.3) is 0 Å². The Bertz CT molecular complexity index is 499. The van der Waals surface area contributed by atoms with Gasteiger partial charge in [-0.3, -0.25) is 0 Å². The van der Waals surface area contributed by atoms with Crippen molar-refractivity contribution in [1.82, 2.24) is 5.32 Å². The highest BCUT2D eigenvalue weighted by Gasteiger charge is 2.00. The molecule has 0 atom stereocenters. The molecule has 102 valence electrons. The van der Waals surface area contributed by atoms with Crippen LogP contribution in [0.4, 0.5) is 0 Å². The van der Waals surface area contributed by atoms with Crippen molar-refractivity contribution < 1.29 is 4.74 Å². The third kappa shape index (κ3) is 4.86. The normalized spacial score (nSPS) is 10.6. The molecule has 2 nitrogen and oxygen atoms in total. The second-order valence-corrected chi connectivity index (χ2v) is 5.61. The summed E-state index contributed by atoms with van der Waals surface area (Å²) in [6.45, 7) is 4.52. The van der Waals surface area contributed by atoms with E-state index in [1.165, 1.54) is 5.56 Å². The highest BCUT2D eigenvalue weighted by atomic mass is 35.5. The van der Waals surface area contributed by atoms with Gasteiger partial charge in [-0.05, 0) is 66.0 Å². The van der Waals surface area contributed by atoms with E-state index in [1.54, 1.807) is 11.3 Å². The quantitative estimate of drug-likeness (QED) is 0.782. The summed E-state index contributed by atoms with van der Waals surface area (Å²) in [5, 5.41) is 8.43. The minimum atomic E-state index is 0.673. The van der Waals surface area contributed by atoms with E-state index >= 15 is 0 Å². The minimum Gasteiger partial charge on any atom is -0.492 e. The molecule has 2 rings (SSSR count). The second kappa shape index (κ2) is 7.53. The van der Waals surface area contributed by atoms with Crippen molar-refractivity contribution in [3.63, 3.8) is 0 Å². The fraction of sp³-hybridized carbons (Fsp3) is 0.333. The average Bonchev–Trinajstić information content (AvgIpc) is 2.89. The van der Waals surface area contributed by atoms with Crippen LogP contribution in [0.2, 0.25) is 5.02 Å². The lowest BCUT2D eigenvalue weighted by Crippen LogP contribution is -2.23. The molecule has 4 heteroatoms. The molecule has 2 aromatic rings. The van der Waals surface area contributed by atoms with Crippen molar-refractivity contribution in [2.75, 3.05) is 19.7 Å². The van der Waals surface area contributed by atoms with Crippen molar-refractivity contribution in [2.45, 2.75) is 13.3 Å². The van der Waals surface area contributed by atoms with Crippen LogP contribution in [0.3, 0.4) is 0 Å². The molecule has 0 aliphatic heterocycles. The number of thiophene rings is 1. The monoisotopic (exact) mass is 295 g/mol. The van der Waals surface area contributed by atoms with Crippen LogP contribution < -0.4 is 10.1 Å². The first-order valence-corrected chi connectivity index (χ1v) is 7.68. The molecule has 1 N–H and O–H groups in total. The van der Waals surface area contributed by atoms with E-state index in [1.807, 2.05) is 25.1 Å². The van der Waals surface area contributed by atoms with Crippen LogP contribution in [0, 0.1) is 6.92 Å². The first kappa shape index (κ1) is 14.4. The van der Waals surface area contributed by atoms with Gasteiger partial charge in [0.2, 0.25) is 0 Å². The van der Waals surface area contributed by atoms with Crippen molar-refractivity contribution in [3.05, 3.63) is 51.2 Å². The summed E-state index contributed by atoms with van der Waals surface area (Å²) >= 11 is 7.65. The number of rotatable bonds is 7. The third-order valence-electron chi connectivity index (χ3n) is 2.84. The van der Waals surface area contributed by atoms with E-state index in [4.69, 9.17) is 16.3 Å². The smallest absolute Gasteiger partial charge is 0.122 e. The summed E-state index contributed by atoms with van der Waals surface area (Å²) < 4.78 is 5.71. The summed E-state index contributed by atoms with van der Waals surface area (Å²) in [6.07, 6.45) is 1.07. The largest absolute Gasteiger partial charge is 0.492 e. The molecule has 0 saturated carbocycles. The van der Waals surface area contributed by atoms with Gasteiger partial charge in [0.15, 0.2) is 0 Å². The molecule has 0 fully saturated rings. The summed E-state index contributed by atoms with van der Waals surface area (Å²) in [5.74, 6) is 0.907. The summed E-state index contributed by atoms with van der Waals surface area (Å²) in [5.41, 5.74) is 2.47. The molecule has 0 spiro atoms.